The minimum absolute atomic E-state index is 0.0801. The summed E-state index contributed by atoms with van der Waals surface area (Å²) in [6.07, 6.45) is 4.39. The second-order valence-electron chi connectivity index (χ2n) is 10.5. The van der Waals surface area contributed by atoms with Gasteiger partial charge in [0.05, 0.1) is 41.0 Å². The van der Waals surface area contributed by atoms with Crippen LogP contribution < -0.4 is 20.9 Å². The van der Waals surface area contributed by atoms with Crippen molar-refractivity contribution in [1.82, 2.24) is 9.97 Å². The summed E-state index contributed by atoms with van der Waals surface area (Å²) in [6, 6.07) is 6.93. The molecule has 5 rings (SSSR count). The van der Waals surface area contributed by atoms with Gasteiger partial charge in [-0.25, -0.2) is 18.2 Å². The average molecular weight is 513 g/mol. The summed E-state index contributed by atoms with van der Waals surface area (Å²) in [5.41, 5.74) is 6.85. The second-order valence-corrected chi connectivity index (χ2v) is 10.5. The molecule has 0 radical (unpaired) electrons. The fraction of sp³-hybridized carbons (Fsp3) is 0.407. The summed E-state index contributed by atoms with van der Waals surface area (Å²) in [6.45, 7) is 6.14. The molecule has 2 aromatic heterocycles. The number of nitrogens with one attached hydrogen (secondary N) is 1. The van der Waals surface area contributed by atoms with Gasteiger partial charge < -0.3 is 26.0 Å². The normalized spacial score (nSPS) is 21.1. The summed E-state index contributed by atoms with van der Waals surface area (Å²) < 4.78 is 44.7. The van der Waals surface area contributed by atoms with Crippen molar-refractivity contribution in [3.8, 4) is 11.3 Å². The predicted molar refractivity (Wildman–Crippen MR) is 138 cm³/mol. The first-order chi connectivity index (χ1) is 17.6. The van der Waals surface area contributed by atoms with Crippen molar-refractivity contribution in [2.45, 2.75) is 38.5 Å². The number of piperidine rings is 1. The maximum absolute atomic E-state index is 15.0. The number of nitrogens with two attached hydrogens (primary N) is 1. The molecule has 10 heteroatoms. The molecule has 2 unspecified atom stereocenters. The fourth-order valence-corrected chi connectivity index (χ4v) is 5.26. The molecule has 3 aromatic rings. The lowest BCUT2D eigenvalue weighted by Gasteiger charge is -2.45. The van der Waals surface area contributed by atoms with Gasteiger partial charge in [0, 0.05) is 44.1 Å². The van der Waals surface area contributed by atoms with E-state index < -0.39 is 34.3 Å². The Bertz CT molecular complexity index is 1260. The monoisotopic (exact) mass is 512 g/mol. The molecule has 37 heavy (non-hydrogen) atoms. The Hall–Kier alpha value is -3.37. The van der Waals surface area contributed by atoms with Crippen LogP contribution in [0.25, 0.3) is 11.3 Å². The Labute approximate surface area is 214 Å². The van der Waals surface area contributed by atoms with Crippen molar-refractivity contribution in [1.29, 1.82) is 0 Å². The molecule has 2 fully saturated rings. The number of aromatic nitrogens is 2. The molecule has 7 nitrogen and oxygen atoms in total. The number of halogens is 3. The number of hydrogen-bond donors (Lipinski definition) is 3. The molecule has 0 bridgehead atoms. The summed E-state index contributed by atoms with van der Waals surface area (Å²) in [5.74, 6) is -2.19. The number of hydrogen-bond acceptors (Lipinski definition) is 7. The third kappa shape index (κ3) is 5.35. The minimum atomic E-state index is -0.914. The lowest BCUT2D eigenvalue weighted by atomic mass is 9.95. The molecule has 4 N–H and O–H groups in total. The molecule has 2 aliphatic rings. The summed E-state index contributed by atoms with van der Waals surface area (Å²) in [5, 5.41) is 13.2. The van der Waals surface area contributed by atoms with Gasteiger partial charge in [-0.1, -0.05) is 6.92 Å². The molecule has 1 aromatic carbocycles. The third-order valence-corrected chi connectivity index (χ3v) is 6.89. The number of benzene rings is 1. The summed E-state index contributed by atoms with van der Waals surface area (Å²) in [7, 11) is 0. The quantitative estimate of drug-likeness (QED) is 0.461. The van der Waals surface area contributed by atoms with E-state index in [4.69, 9.17) is 5.73 Å². The molecule has 0 saturated carbocycles. The SMILES string of the molecule is CC1CC(N)CN(c2ccncc2NCc2ccc(F)c(-c3c(F)cc(N4CC(C)(O)C4)cc3F)n2)C1. The highest BCUT2D eigenvalue weighted by Crippen LogP contribution is 2.34. The van der Waals surface area contributed by atoms with Crippen molar-refractivity contribution in [3.05, 3.63) is 65.9 Å². The Morgan fingerprint density at radius 1 is 1.08 bits per heavy atom. The van der Waals surface area contributed by atoms with E-state index in [2.05, 4.69) is 27.1 Å². The van der Waals surface area contributed by atoms with E-state index in [1.54, 1.807) is 24.2 Å². The first-order valence-corrected chi connectivity index (χ1v) is 12.4. The Morgan fingerprint density at radius 3 is 2.49 bits per heavy atom. The number of nitrogens with zero attached hydrogens (tertiary/aromatic N) is 4. The van der Waals surface area contributed by atoms with Crippen molar-refractivity contribution < 1.29 is 18.3 Å². The van der Waals surface area contributed by atoms with Crippen molar-refractivity contribution in [2.75, 3.05) is 41.3 Å². The number of pyridine rings is 2. The van der Waals surface area contributed by atoms with E-state index in [1.165, 1.54) is 6.07 Å². The largest absolute Gasteiger partial charge is 0.386 e. The molecule has 0 amide bonds. The van der Waals surface area contributed by atoms with Crippen LogP contribution in [0.2, 0.25) is 0 Å². The standard InChI is InChI=1S/C27H31F3N6O/c1-16-7-17(31)13-35(12-16)24-5-6-32-11-23(24)33-10-18-3-4-20(28)26(34-18)25-21(29)8-19(9-22(25)30)36-14-27(2,37)15-36/h3-6,8-9,11,16-17,33,37H,7,10,12-15,31H2,1-2H3. The van der Waals surface area contributed by atoms with E-state index in [-0.39, 0.29) is 25.7 Å². The van der Waals surface area contributed by atoms with Crippen LogP contribution in [0, 0.1) is 23.4 Å². The molecule has 2 aliphatic heterocycles. The number of anilines is 3. The van der Waals surface area contributed by atoms with E-state index in [9.17, 15) is 9.50 Å². The maximum Gasteiger partial charge on any atom is 0.149 e. The second kappa shape index (κ2) is 9.83. The van der Waals surface area contributed by atoms with Gasteiger partial charge in [0.2, 0.25) is 0 Å². The van der Waals surface area contributed by atoms with Gasteiger partial charge in [-0.05, 0) is 49.6 Å². The van der Waals surface area contributed by atoms with E-state index in [0.29, 0.717) is 17.3 Å². The topological polar surface area (TPSA) is 90.5 Å². The first-order valence-electron chi connectivity index (χ1n) is 12.4. The third-order valence-electron chi connectivity index (χ3n) is 6.89. The summed E-state index contributed by atoms with van der Waals surface area (Å²) in [4.78, 5) is 12.3. The molecule has 4 heterocycles. The average Bonchev–Trinajstić information content (AvgIpc) is 2.82. The van der Waals surface area contributed by atoms with Crippen LogP contribution in [-0.2, 0) is 6.54 Å². The molecule has 2 atom stereocenters. The van der Waals surface area contributed by atoms with E-state index in [1.807, 2.05) is 6.07 Å². The molecule has 0 spiro atoms. The highest BCUT2D eigenvalue weighted by atomic mass is 19.1. The smallest absolute Gasteiger partial charge is 0.149 e. The van der Waals surface area contributed by atoms with Gasteiger partial charge in [-0.3, -0.25) is 4.98 Å². The van der Waals surface area contributed by atoms with Crippen LogP contribution in [0.3, 0.4) is 0 Å². The lowest BCUT2D eigenvalue weighted by molar-refractivity contribution is 0.0309. The van der Waals surface area contributed by atoms with E-state index >= 15 is 8.78 Å². The van der Waals surface area contributed by atoms with Crippen LogP contribution >= 0.6 is 0 Å². The van der Waals surface area contributed by atoms with Gasteiger partial charge >= 0.3 is 0 Å². The van der Waals surface area contributed by atoms with Crippen molar-refractivity contribution in [3.63, 3.8) is 0 Å². The molecule has 0 aliphatic carbocycles. The van der Waals surface area contributed by atoms with Crippen LogP contribution in [0.15, 0.2) is 42.7 Å². The zero-order valence-electron chi connectivity index (χ0n) is 20.9. The van der Waals surface area contributed by atoms with Gasteiger partial charge in [0.15, 0.2) is 0 Å². The highest BCUT2D eigenvalue weighted by Gasteiger charge is 2.37. The number of rotatable bonds is 6. The van der Waals surface area contributed by atoms with Crippen molar-refractivity contribution >= 4 is 17.1 Å². The lowest BCUT2D eigenvalue weighted by Crippen LogP contribution is -2.60. The summed E-state index contributed by atoms with van der Waals surface area (Å²) >= 11 is 0. The molecule has 2 saturated heterocycles. The van der Waals surface area contributed by atoms with Crippen LogP contribution in [0.4, 0.5) is 30.2 Å². The molecule has 196 valence electrons. The predicted octanol–water partition coefficient (Wildman–Crippen LogP) is 3.92. The fourth-order valence-electron chi connectivity index (χ4n) is 5.26. The van der Waals surface area contributed by atoms with Gasteiger partial charge in [0.1, 0.15) is 23.1 Å². The van der Waals surface area contributed by atoms with Crippen LogP contribution in [-0.4, -0.2) is 52.9 Å². The van der Waals surface area contributed by atoms with Gasteiger partial charge in [-0.2, -0.15) is 0 Å². The number of β-amino-alcohol motifs (C(OH)–C–C–N with tert-alkyl or cyclic N) is 1. The highest BCUT2D eigenvalue weighted by molar-refractivity contribution is 5.69. The first kappa shape index (κ1) is 25.3. The van der Waals surface area contributed by atoms with E-state index in [0.717, 1.165) is 49.1 Å². The zero-order valence-corrected chi connectivity index (χ0v) is 20.9. The molecular weight excluding hydrogens is 481 g/mol. The number of aliphatic hydroxyl groups is 1. The maximum atomic E-state index is 15.0. The minimum Gasteiger partial charge on any atom is -0.386 e. The zero-order chi connectivity index (χ0) is 26.3. The van der Waals surface area contributed by atoms with Gasteiger partial charge in [0.25, 0.3) is 0 Å². The van der Waals surface area contributed by atoms with Crippen LogP contribution in [0.1, 0.15) is 26.0 Å². The Balaban J connectivity index is 1.36. The van der Waals surface area contributed by atoms with Crippen LogP contribution in [0.5, 0.6) is 0 Å². The van der Waals surface area contributed by atoms with Crippen molar-refractivity contribution in [2.24, 2.45) is 11.7 Å². The Kier molecular flexibility index (Phi) is 6.72. The molecular formula is C27H31F3N6O. The van der Waals surface area contributed by atoms with Gasteiger partial charge in [-0.15, -0.1) is 0 Å². The Morgan fingerprint density at radius 2 is 1.81 bits per heavy atom.